The molecule has 1 amide bonds. The Morgan fingerprint density at radius 2 is 2.19 bits per heavy atom. The second-order valence-electron chi connectivity index (χ2n) is 4.56. The molecule has 0 saturated heterocycles. The highest BCUT2D eigenvalue weighted by atomic mass is 19.1. The van der Waals surface area contributed by atoms with Crippen LogP contribution in [0.25, 0.3) is 0 Å². The number of rotatable bonds is 4. The molecule has 5 nitrogen and oxygen atoms in total. The fraction of sp³-hybridized carbons (Fsp3) is 0.200. The van der Waals surface area contributed by atoms with Crippen LogP contribution in [0.4, 0.5) is 10.1 Å². The third-order valence-corrected chi connectivity index (χ3v) is 3.11. The molecule has 1 heterocycles. The van der Waals surface area contributed by atoms with Crippen LogP contribution in [0.3, 0.4) is 0 Å². The van der Waals surface area contributed by atoms with E-state index in [1.54, 1.807) is 25.3 Å². The molecule has 0 fully saturated rings. The van der Waals surface area contributed by atoms with Gasteiger partial charge in [0.1, 0.15) is 5.82 Å². The van der Waals surface area contributed by atoms with Gasteiger partial charge in [0.15, 0.2) is 0 Å². The van der Waals surface area contributed by atoms with E-state index in [-0.39, 0.29) is 17.8 Å². The minimum absolute atomic E-state index is 0.192. The third-order valence-electron chi connectivity index (χ3n) is 3.11. The minimum Gasteiger partial charge on any atom is -0.481 e. The highest BCUT2D eigenvalue weighted by molar-refractivity contribution is 5.95. The molecule has 1 aromatic carbocycles. The van der Waals surface area contributed by atoms with E-state index in [1.807, 2.05) is 0 Å². The van der Waals surface area contributed by atoms with Gasteiger partial charge in [-0.3, -0.25) is 4.79 Å². The van der Waals surface area contributed by atoms with E-state index in [0.717, 1.165) is 5.56 Å². The van der Waals surface area contributed by atoms with Gasteiger partial charge in [0.05, 0.1) is 7.11 Å². The van der Waals surface area contributed by atoms with Gasteiger partial charge >= 0.3 is 0 Å². The van der Waals surface area contributed by atoms with Crippen molar-refractivity contribution in [3.05, 3.63) is 53.0 Å². The van der Waals surface area contributed by atoms with Crippen molar-refractivity contribution >= 4 is 11.6 Å². The molecular weight excluding hydrogens is 273 g/mol. The van der Waals surface area contributed by atoms with Crippen molar-refractivity contribution in [3.8, 4) is 5.88 Å². The zero-order valence-electron chi connectivity index (χ0n) is 11.8. The van der Waals surface area contributed by atoms with Crippen molar-refractivity contribution in [1.29, 1.82) is 0 Å². The molecule has 110 valence electrons. The predicted octanol–water partition coefficient (Wildman–Crippen LogP) is 2.05. The number of halogens is 1. The number of nitrogen functional groups attached to an aromatic ring is 1. The topological polar surface area (TPSA) is 77.2 Å². The molecule has 0 aliphatic rings. The Balaban J connectivity index is 2.04. The number of hydrogen-bond acceptors (Lipinski definition) is 4. The number of carbonyl (C=O) groups is 1. The normalized spacial score (nSPS) is 10.2. The number of amides is 1. The summed E-state index contributed by atoms with van der Waals surface area (Å²) in [5, 5.41) is 2.68. The summed E-state index contributed by atoms with van der Waals surface area (Å²) in [7, 11) is 1.53. The summed E-state index contributed by atoms with van der Waals surface area (Å²) in [4.78, 5) is 16.0. The predicted molar refractivity (Wildman–Crippen MR) is 77.5 cm³/mol. The van der Waals surface area contributed by atoms with E-state index >= 15 is 0 Å². The molecule has 0 radical (unpaired) electrons. The monoisotopic (exact) mass is 289 g/mol. The standard InChI is InChI=1S/C15H16FN3O2/c1-9-12(16)5-11(6-13(9)17)15(20)19-8-10-3-4-14(21-2)18-7-10/h3-7H,8,17H2,1-2H3,(H,19,20). The van der Waals surface area contributed by atoms with Crippen LogP contribution in [0.5, 0.6) is 5.88 Å². The van der Waals surface area contributed by atoms with Crippen molar-refractivity contribution in [1.82, 2.24) is 10.3 Å². The maximum absolute atomic E-state index is 13.6. The van der Waals surface area contributed by atoms with Gasteiger partial charge in [-0.05, 0) is 24.6 Å². The molecule has 2 rings (SSSR count). The smallest absolute Gasteiger partial charge is 0.251 e. The van der Waals surface area contributed by atoms with Gasteiger partial charge < -0.3 is 15.8 Å². The number of methoxy groups -OCH3 is 1. The van der Waals surface area contributed by atoms with Crippen LogP contribution in [0, 0.1) is 12.7 Å². The molecule has 21 heavy (non-hydrogen) atoms. The second kappa shape index (κ2) is 6.21. The molecule has 0 aliphatic carbocycles. The highest BCUT2D eigenvalue weighted by Gasteiger charge is 2.11. The summed E-state index contributed by atoms with van der Waals surface area (Å²) in [6.45, 7) is 1.85. The second-order valence-corrected chi connectivity index (χ2v) is 4.56. The van der Waals surface area contributed by atoms with Crippen molar-refractivity contribution < 1.29 is 13.9 Å². The first-order valence-electron chi connectivity index (χ1n) is 6.34. The largest absolute Gasteiger partial charge is 0.481 e. The first kappa shape index (κ1) is 14.8. The number of anilines is 1. The number of aromatic nitrogens is 1. The van der Waals surface area contributed by atoms with E-state index in [2.05, 4.69) is 10.3 Å². The summed E-state index contributed by atoms with van der Waals surface area (Å²) < 4.78 is 18.5. The van der Waals surface area contributed by atoms with Crippen LogP contribution in [0.15, 0.2) is 30.5 Å². The zero-order chi connectivity index (χ0) is 15.4. The van der Waals surface area contributed by atoms with Crippen LogP contribution < -0.4 is 15.8 Å². The average Bonchev–Trinajstić information content (AvgIpc) is 2.50. The number of nitrogens with two attached hydrogens (primary N) is 1. The average molecular weight is 289 g/mol. The van der Waals surface area contributed by atoms with E-state index in [1.165, 1.54) is 19.2 Å². The Morgan fingerprint density at radius 3 is 2.76 bits per heavy atom. The summed E-state index contributed by atoms with van der Waals surface area (Å²) in [6, 6.07) is 6.12. The molecule has 0 saturated carbocycles. The van der Waals surface area contributed by atoms with Crippen molar-refractivity contribution in [2.75, 3.05) is 12.8 Å². The SMILES string of the molecule is COc1ccc(CNC(=O)c2cc(N)c(C)c(F)c2)cn1. The fourth-order valence-corrected chi connectivity index (χ4v) is 1.75. The van der Waals surface area contributed by atoms with Crippen LogP contribution in [0.1, 0.15) is 21.5 Å². The summed E-state index contributed by atoms with van der Waals surface area (Å²) in [5.74, 6) is -0.388. The van der Waals surface area contributed by atoms with E-state index < -0.39 is 11.7 Å². The van der Waals surface area contributed by atoms with Gasteiger partial charge in [-0.2, -0.15) is 0 Å². The fourth-order valence-electron chi connectivity index (χ4n) is 1.75. The molecule has 2 aromatic rings. The van der Waals surface area contributed by atoms with Gasteiger partial charge in [0.2, 0.25) is 5.88 Å². The molecule has 0 spiro atoms. The molecule has 0 bridgehead atoms. The van der Waals surface area contributed by atoms with Gasteiger partial charge in [-0.1, -0.05) is 6.07 Å². The molecule has 6 heteroatoms. The lowest BCUT2D eigenvalue weighted by Crippen LogP contribution is -2.23. The first-order chi connectivity index (χ1) is 10.0. The Morgan fingerprint density at radius 1 is 1.43 bits per heavy atom. The Hall–Kier alpha value is -2.63. The number of benzene rings is 1. The maximum atomic E-state index is 13.6. The van der Waals surface area contributed by atoms with Crippen LogP contribution in [-0.4, -0.2) is 18.0 Å². The van der Waals surface area contributed by atoms with Crippen LogP contribution in [-0.2, 0) is 6.54 Å². The van der Waals surface area contributed by atoms with Crippen LogP contribution >= 0.6 is 0 Å². The number of nitrogens with one attached hydrogen (secondary N) is 1. The number of hydrogen-bond donors (Lipinski definition) is 2. The Kier molecular flexibility index (Phi) is 4.37. The number of carbonyl (C=O) groups excluding carboxylic acids is 1. The minimum atomic E-state index is -0.494. The lowest BCUT2D eigenvalue weighted by Gasteiger charge is -2.08. The molecule has 0 aliphatic heterocycles. The highest BCUT2D eigenvalue weighted by Crippen LogP contribution is 2.17. The van der Waals surface area contributed by atoms with E-state index in [9.17, 15) is 9.18 Å². The van der Waals surface area contributed by atoms with Crippen molar-refractivity contribution in [3.63, 3.8) is 0 Å². The van der Waals surface area contributed by atoms with E-state index in [4.69, 9.17) is 10.5 Å². The van der Waals surface area contributed by atoms with Gasteiger partial charge in [-0.25, -0.2) is 9.37 Å². The number of nitrogens with zero attached hydrogens (tertiary/aromatic N) is 1. The molecule has 0 unspecified atom stereocenters. The van der Waals surface area contributed by atoms with Crippen molar-refractivity contribution in [2.45, 2.75) is 13.5 Å². The Labute approximate surface area is 121 Å². The maximum Gasteiger partial charge on any atom is 0.251 e. The lowest BCUT2D eigenvalue weighted by molar-refractivity contribution is 0.0950. The molecular formula is C15H16FN3O2. The quantitative estimate of drug-likeness (QED) is 0.844. The molecule has 3 N–H and O–H groups in total. The van der Waals surface area contributed by atoms with Crippen molar-refractivity contribution in [2.24, 2.45) is 0 Å². The summed E-state index contributed by atoms with van der Waals surface area (Å²) >= 11 is 0. The van der Waals surface area contributed by atoms with E-state index in [0.29, 0.717) is 11.4 Å². The van der Waals surface area contributed by atoms with Gasteiger partial charge in [0.25, 0.3) is 5.91 Å². The lowest BCUT2D eigenvalue weighted by atomic mass is 10.1. The van der Waals surface area contributed by atoms with Gasteiger partial charge in [-0.15, -0.1) is 0 Å². The summed E-state index contributed by atoms with van der Waals surface area (Å²) in [6.07, 6.45) is 1.60. The number of ether oxygens (including phenoxy) is 1. The third kappa shape index (κ3) is 3.47. The molecule has 1 aromatic heterocycles. The Bertz CT molecular complexity index is 633. The zero-order valence-corrected chi connectivity index (χ0v) is 11.8. The number of pyridine rings is 1. The van der Waals surface area contributed by atoms with Gasteiger partial charge in [0, 0.05) is 35.6 Å². The summed E-state index contributed by atoms with van der Waals surface area (Å²) in [5.41, 5.74) is 7.25. The van der Waals surface area contributed by atoms with Crippen LogP contribution in [0.2, 0.25) is 0 Å². The first-order valence-corrected chi connectivity index (χ1v) is 6.34. The molecule has 0 atom stereocenters.